The van der Waals surface area contributed by atoms with Gasteiger partial charge in [0.2, 0.25) is 10.0 Å². The molecule has 0 atom stereocenters. The number of halogens is 3. The Kier molecular flexibility index (Phi) is 6.41. The summed E-state index contributed by atoms with van der Waals surface area (Å²) in [5, 5.41) is 7.18. The molecule has 0 unspecified atom stereocenters. The van der Waals surface area contributed by atoms with E-state index in [9.17, 15) is 21.6 Å². The number of hydrogen-bond acceptors (Lipinski definition) is 4. The van der Waals surface area contributed by atoms with Crippen LogP contribution in [0.3, 0.4) is 0 Å². The normalized spacial score (nSPS) is 18.8. The Hall–Kier alpha value is -0.870. The third-order valence-corrected chi connectivity index (χ3v) is 4.72. The first-order chi connectivity index (χ1) is 9.57. The van der Waals surface area contributed by atoms with E-state index in [1.54, 1.807) is 0 Å². The molecule has 0 radical (unpaired) electrons. The molecular weight excluding hydrogens is 309 g/mol. The van der Waals surface area contributed by atoms with E-state index in [0.717, 1.165) is 0 Å². The minimum atomic E-state index is -4.33. The van der Waals surface area contributed by atoms with E-state index in [-0.39, 0.29) is 11.9 Å². The van der Waals surface area contributed by atoms with Gasteiger partial charge in [-0.15, -0.1) is 0 Å². The molecule has 1 fully saturated rings. The fourth-order valence-corrected chi connectivity index (χ4v) is 3.61. The van der Waals surface area contributed by atoms with E-state index in [1.807, 2.05) is 4.90 Å². The Morgan fingerprint density at radius 2 is 1.90 bits per heavy atom. The molecule has 10 heteroatoms. The summed E-state index contributed by atoms with van der Waals surface area (Å²) in [6.07, 6.45) is -4.72. The van der Waals surface area contributed by atoms with Crippen LogP contribution in [0.4, 0.5) is 13.2 Å². The number of sulfonamides is 1. The zero-order valence-corrected chi connectivity index (χ0v) is 12.4. The van der Waals surface area contributed by atoms with Crippen molar-refractivity contribution in [2.24, 2.45) is 5.73 Å². The Morgan fingerprint density at radius 1 is 1.33 bits per heavy atom. The Labute approximate surface area is 122 Å². The number of piperidine rings is 1. The van der Waals surface area contributed by atoms with Gasteiger partial charge >= 0.3 is 6.18 Å². The molecule has 4 N–H and O–H groups in total. The van der Waals surface area contributed by atoms with Crippen LogP contribution in [0.1, 0.15) is 25.7 Å². The van der Waals surface area contributed by atoms with E-state index < -0.39 is 34.8 Å². The molecule has 0 aromatic carbocycles. The average Bonchev–Trinajstić information content (AvgIpc) is 2.28. The Balaban J connectivity index is 2.32. The summed E-state index contributed by atoms with van der Waals surface area (Å²) in [6, 6.07) is -0.260. The van der Waals surface area contributed by atoms with Crippen molar-refractivity contribution in [1.82, 2.24) is 9.62 Å². The lowest BCUT2D eigenvalue weighted by Gasteiger charge is -2.31. The topological polar surface area (TPSA) is 99.3 Å². The summed E-state index contributed by atoms with van der Waals surface area (Å²) < 4.78 is 61.8. The summed E-state index contributed by atoms with van der Waals surface area (Å²) in [5.74, 6) is -0.457. The predicted molar refractivity (Wildman–Crippen MR) is 73.6 cm³/mol. The molecule has 21 heavy (non-hydrogen) atoms. The summed E-state index contributed by atoms with van der Waals surface area (Å²) in [6.45, 7) is 1.57. The van der Waals surface area contributed by atoms with Crippen molar-refractivity contribution in [1.29, 1.82) is 5.41 Å². The standard InChI is InChI=1S/C11H21F3N4O2S/c12-11(13,14)4-1-7-21(19,20)17-9-2-5-18(6-3-9)8-10(15)16/h9,17H,1-8H2,(H3,15,16). The van der Waals surface area contributed by atoms with Crippen LogP contribution in [-0.4, -0.2) is 56.8 Å². The first kappa shape index (κ1) is 18.2. The molecule has 0 saturated carbocycles. The second-order valence-electron chi connectivity index (χ2n) is 5.23. The van der Waals surface area contributed by atoms with Crippen molar-refractivity contribution in [2.75, 3.05) is 25.4 Å². The minimum absolute atomic E-state index is 0.0566. The molecule has 1 aliphatic heterocycles. The molecule has 1 saturated heterocycles. The molecule has 0 aromatic heterocycles. The molecule has 0 aromatic rings. The van der Waals surface area contributed by atoms with E-state index in [1.165, 1.54) is 0 Å². The monoisotopic (exact) mass is 330 g/mol. The number of amidine groups is 1. The van der Waals surface area contributed by atoms with E-state index in [2.05, 4.69) is 4.72 Å². The van der Waals surface area contributed by atoms with Crippen LogP contribution in [0.2, 0.25) is 0 Å². The van der Waals surface area contributed by atoms with E-state index in [0.29, 0.717) is 32.5 Å². The highest BCUT2D eigenvalue weighted by Crippen LogP contribution is 2.21. The van der Waals surface area contributed by atoms with Crippen LogP contribution in [0.5, 0.6) is 0 Å². The molecule has 1 heterocycles. The molecular formula is C11H21F3N4O2S. The molecule has 124 valence electrons. The maximum atomic E-state index is 12.0. The van der Waals surface area contributed by atoms with Gasteiger partial charge in [0, 0.05) is 25.6 Å². The van der Waals surface area contributed by atoms with Crippen LogP contribution in [-0.2, 0) is 10.0 Å². The van der Waals surface area contributed by atoms with Crippen LogP contribution >= 0.6 is 0 Å². The third-order valence-electron chi connectivity index (χ3n) is 3.20. The van der Waals surface area contributed by atoms with Gasteiger partial charge in [0.15, 0.2) is 0 Å². The third kappa shape index (κ3) is 8.22. The quantitative estimate of drug-likeness (QED) is 0.471. The molecule has 0 bridgehead atoms. The lowest BCUT2D eigenvalue weighted by Crippen LogP contribution is -2.47. The van der Waals surface area contributed by atoms with Crippen molar-refractivity contribution < 1.29 is 21.6 Å². The van der Waals surface area contributed by atoms with Gasteiger partial charge in [0.25, 0.3) is 0 Å². The number of nitrogens with two attached hydrogens (primary N) is 1. The molecule has 0 aliphatic carbocycles. The van der Waals surface area contributed by atoms with Gasteiger partial charge in [-0.3, -0.25) is 10.3 Å². The summed E-state index contributed by atoms with van der Waals surface area (Å²) in [4.78, 5) is 1.94. The summed E-state index contributed by atoms with van der Waals surface area (Å²) >= 11 is 0. The minimum Gasteiger partial charge on any atom is -0.387 e. The number of nitrogens with zero attached hydrogens (tertiary/aromatic N) is 1. The molecule has 1 aliphatic rings. The van der Waals surface area contributed by atoms with Gasteiger partial charge in [0.05, 0.1) is 12.3 Å². The largest absolute Gasteiger partial charge is 0.389 e. The molecule has 0 spiro atoms. The highest BCUT2D eigenvalue weighted by Gasteiger charge is 2.28. The van der Waals surface area contributed by atoms with Crippen LogP contribution in [0.25, 0.3) is 0 Å². The zero-order valence-electron chi connectivity index (χ0n) is 11.6. The SMILES string of the molecule is N=C(N)CN1CCC(NS(=O)(=O)CCCC(F)(F)F)CC1. The number of alkyl halides is 3. The second-order valence-corrected chi connectivity index (χ2v) is 7.10. The van der Waals surface area contributed by atoms with Crippen molar-refractivity contribution in [3.05, 3.63) is 0 Å². The lowest BCUT2D eigenvalue weighted by atomic mass is 10.1. The number of hydrogen-bond donors (Lipinski definition) is 3. The van der Waals surface area contributed by atoms with Gasteiger partial charge in [-0.2, -0.15) is 13.2 Å². The van der Waals surface area contributed by atoms with Crippen molar-refractivity contribution in [3.63, 3.8) is 0 Å². The number of likely N-dealkylation sites (tertiary alicyclic amines) is 1. The van der Waals surface area contributed by atoms with Crippen molar-refractivity contribution >= 4 is 15.9 Å². The van der Waals surface area contributed by atoms with Gasteiger partial charge in [0.1, 0.15) is 5.84 Å². The van der Waals surface area contributed by atoms with Gasteiger partial charge in [-0.1, -0.05) is 0 Å². The zero-order chi connectivity index (χ0) is 16.1. The second kappa shape index (κ2) is 7.41. The Morgan fingerprint density at radius 3 is 2.38 bits per heavy atom. The number of rotatable bonds is 7. The lowest BCUT2D eigenvalue weighted by molar-refractivity contribution is -0.134. The van der Waals surface area contributed by atoms with Gasteiger partial charge in [-0.05, 0) is 19.3 Å². The molecule has 0 amide bonds. The van der Waals surface area contributed by atoms with Crippen LogP contribution in [0, 0.1) is 5.41 Å². The molecule has 6 nitrogen and oxygen atoms in total. The number of nitrogens with one attached hydrogen (secondary N) is 2. The van der Waals surface area contributed by atoms with E-state index >= 15 is 0 Å². The smallest absolute Gasteiger partial charge is 0.387 e. The summed E-state index contributed by atoms with van der Waals surface area (Å²) in [5.41, 5.74) is 5.29. The van der Waals surface area contributed by atoms with E-state index in [4.69, 9.17) is 11.1 Å². The maximum absolute atomic E-state index is 12.0. The molecule has 1 rings (SSSR count). The first-order valence-electron chi connectivity index (χ1n) is 6.69. The summed E-state index contributed by atoms with van der Waals surface area (Å²) in [7, 11) is -3.68. The highest BCUT2D eigenvalue weighted by atomic mass is 32.2. The fourth-order valence-electron chi connectivity index (χ4n) is 2.23. The first-order valence-corrected chi connectivity index (χ1v) is 8.34. The van der Waals surface area contributed by atoms with Crippen LogP contribution in [0.15, 0.2) is 0 Å². The highest BCUT2D eigenvalue weighted by molar-refractivity contribution is 7.89. The maximum Gasteiger partial charge on any atom is 0.389 e. The van der Waals surface area contributed by atoms with Crippen molar-refractivity contribution in [2.45, 2.75) is 37.9 Å². The average molecular weight is 330 g/mol. The van der Waals surface area contributed by atoms with Gasteiger partial charge < -0.3 is 5.73 Å². The predicted octanol–water partition coefficient (Wildman–Crippen LogP) is 0.649. The fraction of sp³-hybridized carbons (Fsp3) is 0.909. The van der Waals surface area contributed by atoms with Crippen molar-refractivity contribution in [3.8, 4) is 0 Å². The van der Waals surface area contributed by atoms with Gasteiger partial charge in [-0.25, -0.2) is 13.1 Å². The van der Waals surface area contributed by atoms with Crippen LogP contribution < -0.4 is 10.5 Å². The Bertz CT molecular complexity index is 445.